The van der Waals surface area contributed by atoms with E-state index in [-0.39, 0.29) is 10.6 Å². The van der Waals surface area contributed by atoms with Crippen molar-refractivity contribution in [3.63, 3.8) is 0 Å². The monoisotopic (exact) mass is 254 g/mol. The van der Waals surface area contributed by atoms with Crippen LogP contribution in [0.1, 0.15) is 26.2 Å². The van der Waals surface area contributed by atoms with E-state index in [1.165, 1.54) is 12.5 Å². The predicted molar refractivity (Wildman–Crippen MR) is 68.8 cm³/mol. The fourth-order valence-corrected chi connectivity index (χ4v) is 2.51. The first-order valence-electron chi connectivity index (χ1n) is 5.80. The summed E-state index contributed by atoms with van der Waals surface area (Å²) in [7, 11) is 0. The van der Waals surface area contributed by atoms with Gasteiger partial charge in [0.15, 0.2) is 0 Å². The van der Waals surface area contributed by atoms with Crippen LogP contribution in [0, 0.1) is 10.1 Å². The van der Waals surface area contributed by atoms with Crippen LogP contribution >= 0.6 is 11.6 Å². The molecule has 2 rings (SSSR count). The second-order valence-electron chi connectivity index (χ2n) is 4.43. The van der Waals surface area contributed by atoms with Crippen molar-refractivity contribution in [3.05, 3.63) is 33.3 Å². The van der Waals surface area contributed by atoms with E-state index < -0.39 is 0 Å². The lowest BCUT2D eigenvalue weighted by molar-refractivity contribution is -0.384. The molecule has 1 aliphatic rings. The van der Waals surface area contributed by atoms with Gasteiger partial charge in [0.2, 0.25) is 0 Å². The van der Waals surface area contributed by atoms with Crippen LogP contribution in [0.5, 0.6) is 0 Å². The van der Waals surface area contributed by atoms with E-state index in [0.29, 0.717) is 16.8 Å². The molecule has 92 valence electrons. The third kappa shape index (κ3) is 2.52. The van der Waals surface area contributed by atoms with Crippen molar-refractivity contribution in [2.75, 3.05) is 11.4 Å². The number of rotatable bonds is 2. The van der Waals surface area contributed by atoms with Crippen molar-refractivity contribution in [3.8, 4) is 0 Å². The van der Waals surface area contributed by atoms with E-state index in [1.54, 1.807) is 12.1 Å². The molecule has 1 aromatic carbocycles. The van der Waals surface area contributed by atoms with Gasteiger partial charge in [0, 0.05) is 23.7 Å². The Hall–Kier alpha value is -1.29. The Balaban J connectivity index is 2.39. The summed E-state index contributed by atoms with van der Waals surface area (Å²) in [5.74, 6) is 0. The molecule has 5 heteroatoms. The highest BCUT2D eigenvalue weighted by atomic mass is 35.5. The normalized spacial score (nSPS) is 20.4. The van der Waals surface area contributed by atoms with Crippen molar-refractivity contribution < 1.29 is 4.92 Å². The first-order chi connectivity index (χ1) is 8.09. The number of nitrogens with zero attached hydrogens (tertiary/aromatic N) is 2. The Morgan fingerprint density at radius 3 is 2.88 bits per heavy atom. The summed E-state index contributed by atoms with van der Waals surface area (Å²) in [5.41, 5.74) is 0.790. The standard InChI is InChI=1S/C12H15ClN2O2/c1-9-4-2-3-7-14(9)11-6-5-10(13)8-12(11)15(16)17/h5-6,8-9H,2-4,7H2,1H3/t9-/m0/s1. The maximum Gasteiger partial charge on any atom is 0.294 e. The van der Waals surface area contributed by atoms with Crippen molar-refractivity contribution in [2.45, 2.75) is 32.2 Å². The molecular weight excluding hydrogens is 240 g/mol. The molecule has 0 spiro atoms. The van der Waals surface area contributed by atoms with Gasteiger partial charge in [-0.15, -0.1) is 0 Å². The lowest BCUT2D eigenvalue weighted by Gasteiger charge is -2.34. The summed E-state index contributed by atoms with van der Waals surface area (Å²) in [6, 6.07) is 5.25. The number of hydrogen-bond donors (Lipinski definition) is 0. The SMILES string of the molecule is C[C@H]1CCCCN1c1ccc(Cl)cc1[N+](=O)[O-]. The van der Waals surface area contributed by atoms with Gasteiger partial charge in [0.05, 0.1) is 4.92 Å². The maximum absolute atomic E-state index is 11.0. The van der Waals surface area contributed by atoms with Crippen molar-refractivity contribution in [1.82, 2.24) is 0 Å². The van der Waals surface area contributed by atoms with Gasteiger partial charge in [-0.1, -0.05) is 11.6 Å². The molecular formula is C12H15ClN2O2. The van der Waals surface area contributed by atoms with Crippen LogP contribution in [0.3, 0.4) is 0 Å². The lowest BCUT2D eigenvalue weighted by Crippen LogP contribution is -2.37. The van der Waals surface area contributed by atoms with E-state index >= 15 is 0 Å². The van der Waals surface area contributed by atoms with Crippen LogP contribution in [-0.2, 0) is 0 Å². The second kappa shape index (κ2) is 4.92. The molecule has 0 aliphatic carbocycles. The molecule has 4 nitrogen and oxygen atoms in total. The zero-order valence-electron chi connectivity index (χ0n) is 9.73. The van der Waals surface area contributed by atoms with E-state index in [9.17, 15) is 10.1 Å². The summed E-state index contributed by atoms with van der Waals surface area (Å²) < 4.78 is 0. The Kier molecular flexibility index (Phi) is 3.52. The Labute approximate surface area is 105 Å². The van der Waals surface area contributed by atoms with Crippen LogP contribution in [0.15, 0.2) is 18.2 Å². The number of benzene rings is 1. The third-order valence-corrected chi connectivity index (χ3v) is 3.48. The second-order valence-corrected chi connectivity index (χ2v) is 4.86. The van der Waals surface area contributed by atoms with Crippen molar-refractivity contribution >= 4 is 23.0 Å². The van der Waals surface area contributed by atoms with Gasteiger partial charge in [-0.05, 0) is 38.3 Å². The molecule has 1 aromatic rings. The van der Waals surface area contributed by atoms with Crippen LogP contribution in [0.25, 0.3) is 0 Å². The topological polar surface area (TPSA) is 46.4 Å². The summed E-state index contributed by atoms with van der Waals surface area (Å²) >= 11 is 5.81. The summed E-state index contributed by atoms with van der Waals surface area (Å²) in [4.78, 5) is 12.8. The number of hydrogen-bond acceptors (Lipinski definition) is 3. The van der Waals surface area contributed by atoms with Crippen LogP contribution in [0.4, 0.5) is 11.4 Å². The Bertz CT molecular complexity index is 437. The molecule has 0 radical (unpaired) electrons. The smallest absolute Gasteiger partial charge is 0.294 e. The van der Waals surface area contributed by atoms with Gasteiger partial charge in [-0.3, -0.25) is 10.1 Å². The van der Waals surface area contributed by atoms with E-state index in [2.05, 4.69) is 11.8 Å². The number of anilines is 1. The van der Waals surface area contributed by atoms with Gasteiger partial charge in [-0.25, -0.2) is 0 Å². The van der Waals surface area contributed by atoms with Gasteiger partial charge in [-0.2, -0.15) is 0 Å². The predicted octanol–water partition coefficient (Wildman–Crippen LogP) is 3.63. The average Bonchev–Trinajstić information content (AvgIpc) is 2.30. The first kappa shape index (κ1) is 12.2. The van der Waals surface area contributed by atoms with Gasteiger partial charge in [0.25, 0.3) is 5.69 Å². The fourth-order valence-electron chi connectivity index (χ4n) is 2.34. The highest BCUT2D eigenvalue weighted by Gasteiger charge is 2.25. The molecule has 0 saturated carbocycles. The molecule has 1 heterocycles. The highest BCUT2D eigenvalue weighted by molar-refractivity contribution is 6.30. The quantitative estimate of drug-likeness (QED) is 0.598. The number of halogens is 1. The largest absolute Gasteiger partial charge is 0.363 e. The minimum atomic E-state index is -0.359. The number of piperidine rings is 1. The van der Waals surface area contributed by atoms with E-state index in [0.717, 1.165) is 19.4 Å². The molecule has 1 saturated heterocycles. The molecule has 0 aromatic heterocycles. The fraction of sp³-hybridized carbons (Fsp3) is 0.500. The molecule has 1 atom stereocenters. The summed E-state index contributed by atoms with van der Waals surface area (Å²) in [5, 5.41) is 11.5. The molecule has 0 amide bonds. The van der Waals surface area contributed by atoms with E-state index in [1.807, 2.05) is 0 Å². The molecule has 17 heavy (non-hydrogen) atoms. The van der Waals surface area contributed by atoms with E-state index in [4.69, 9.17) is 11.6 Å². The Morgan fingerprint density at radius 2 is 2.24 bits per heavy atom. The minimum absolute atomic E-state index is 0.103. The molecule has 0 unspecified atom stereocenters. The highest BCUT2D eigenvalue weighted by Crippen LogP contribution is 2.34. The first-order valence-corrected chi connectivity index (χ1v) is 6.18. The Morgan fingerprint density at radius 1 is 1.47 bits per heavy atom. The molecule has 0 N–H and O–H groups in total. The number of nitro groups is 1. The van der Waals surface area contributed by atoms with Crippen LogP contribution < -0.4 is 4.90 Å². The van der Waals surface area contributed by atoms with Crippen molar-refractivity contribution in [2.24, 2.45) is 0 Å². The zero-order chi connectivity index (χ0) is 12.4. The minimum Gasteiger partial charge on any atom is -0.363 e. The molecule has 1 aliphatic heterocycles. The van der Waals surface area contributed by atoms with Crippen molar-refractivity contribution in [1.29, 1.82) is 0 Å². The molecule has 0 bridgehead atoms. The summed E-state index contributed by atoms with van der Waals surface area (Å²) in [6.45, 7) is 2.99. The number of nitro benzene ring substituents is 1. The van der Waals surface area contributed by atoms with Crippen LogP contribution in [0.2, 0.25) is 5.02 Å². The maximum atomic E-state index is 11.0. The summed E-state index contributed by atoms with van der Waals surface area (Å²) in [6.07, 6.45) is 3.36. The van der Waals surface area contributed by atoms with Crippen LogP contribution in [-0.4, -0.2) is 17.5 Å². The van der Waals surface area contributed by atoms with Gasteiger partial charge < -0.3 is 4.90 Å². The van der Waals surface area contributed by atoms with Gasteiger partial charge >= 0.3 is 0 Å². The third-order valence-electron chi connectivity index (χ3n) is 3.25. The lowest BCUT2D eigenvalue weighted by atomic mass is 10.0. The average molecular weight is 255 g/mol. The molecule has 1 fully saturated rings. The van der Waals surface area contributed by atoms with Gasteiger partial charge in [0.1, 0.15) is 5.69 Å². The zero-order valence-corrected chi connectivity index (χ0v) is 10.5.